The Labute approximate surface area is 178 Å². The Balaban J connectivity index is 1.33. The standard InChI is InChI=1S/C24H23FN4O2/c1-13(23-28-20-11-21(24(30)31)27-12-22(20)29-23)14-2-4-15(5-3-14)17-8-9-26-19-7-6-16(25)10-18(17)19/h6-15H,2-5H2,1H3,(H,28,29)(H,30,31). The molecule has 0 saturated heterocycles. The van der Waals surface area contributed by atoms with Crippen LogP contribution in [0.2, 0.25) is 0 Å². The molecule has 6 nitrogen and oxygen atoms in total. The number of carboxylic acid groups (broad SMARTS) is 1. The summed E-state index contributed by atoms with van der Waals surface area (Å²) in [5.41, 5.74) is 3.41. The zero-order chi connectivity index (χ0) is 21.5. The number of nitrogens with one attached hydrogen (secondary N) is 1. The number of aromatic carboxylic acids is 1. The van der Waals surface area contributed by atoms with Crippen molar-refractivity contribution < 1.29 is 14.3 Å². The van der Waals surface area contributed by atoms with Crippen molar-refractivity contribution in [2.45, 2.75) is 44.4 Å². The highest BCUT2D eigenvalue weighted by Crippen LogP contribution is 2.42. The summed E-state index contributed by atoms with van der Waals surface area (Å²) in [7, 11) is 0. The smallest absolute Gasteiger partial charge is 0.354 e. The molecule has 0 spiro atoms. The Kier molecular flexibility index (Phi) is 4.88. The predicted molar refractivity (Wildman–Crippen MR) is 116 cm³/mol. The molecule has 1 atom stereocenters. The van der Waals surface area contributed by atoms with Gasteiger partial charge in [0.2, 0.25) is 0 Å². The van der Waals surface area contributed by atoms with Crippen LogP contribution in [0.3, 0.4) is 0 Å². The van der Waals surface area contributed by atoms with E-state index in [0.29, 0.717) is 17.4 Å². The van der Waals surface area contributed by atoms with Gasteiger partial charge in [-0.05, 0) is 73.4 Å². The summed E-state index contributed by atoms with van der Waals surface area (Å²) in [6, 6.07) is 8.34. The molecule has 158 valence electrons. The third-order valence-corrected chi connectivity index (χ3v) is 6.69. The number of aromatic nitrogens is 4. The molecular formula is C24H23FN4O2. The molecule has 0 bridgehead atoms. The minimum atomic E-state index is -1.05. The fraction of sp³-hybridized carbons (Fsp3) is 0.333. The summed E-state index contributed by atoms with van der Waals surface area (Å²) < 4.78 is 13.8. The zero-order valence-corrected chi connectivity index (χ0v) is 17.2. The predicted octanol–water partition coefficient (Wildman–Crippen LogP) is 5.42. The van der Waals surface area contributed by atoms with Gasteiger partial charge in [-0.25, -0.2) is 19.2 Å². The molecule has 4 aromatic rings. The van der Waals surface area contributed by atoms with Crippen LogP contribution in [0.5, 0.6) is 0 Å². The van der Waals surface area contributed by atoms with Gasteiger partial charge in [0.25, 0.3) is 0 Å². The molecule has 7 heteroatoms. The van der Waals surface area contributed by atoms with Gasteiger partial charge >= 0.3 is 5.97 Å². The molecule has 1 aliphatic carbocycles. The van der Waals surface area contributed by atoms with Crippen molar-refractivity contribution in [3.05, 3.63) is 65.6 Å². The van der Waals surface area contributed by atoms with E-state index in [9.17, 15) is 9.18 Å². The topological polar surface area (TPSA) is 91.8 Å². The lowest BCUT2D eigenvalue weighted by Crippen LogP contribution is -2.19. The lowest BCUT2D eigenvalue weighted by molar-refractivity contribution is 0.0690. The Morgan fingerprint density at radius 1 is 1.13 bits per heavy atom. The number of hydrogen-bond acceptors (Lipinski definition) is 4. The number of imidazole rings is 1. The van der Waals surface area contributed by atoms with Gasteiger partial charge in [0, 0.05) is 17.5 Å². The summed E-state index contributed by atoms with van der Waals surface area (Å²) >= 11 is 0. The zero-order valence-electron chi connectivity index (χ0n) is 17.2. The van der Waals surface area contributed by atoms with Crippen LogP contribution in [-0.2, 0) is 0 Å². The second kappa shape index (κ2) is 7.72. The lowest BCUT2D eigenvalue weighted by Gasteiger charge is -2.32. The molecule has 0 amide bonds. The van der Waals surface area contributed by atoms with Crippen molar-refractivity contribution in [1.29, 1.82) is 0 Å². The van der Waals surface area contributed by atoms with E-state index < -0.39 is 5.97 Å². The fourth-order valence-electron chi connectivity index (χ4n) is 4.91. The maximum absolute atomic E-state index is 13.8. The quantitative estimate of drug-likeness (QED) is 0.462. The van der Waals surface area contributed by atoms with Gasteiger partial charge < -0.3 is 10.1 Å². The summed E-state index contributed by atoms with van der Waals surface area (Å²) in [4.78, 5) is 27.5. The summed E-state index contributed by atoms with van der Waals surface area (Å²) in [5.74, 6) is 0.700. The van der Waals surface area contributed by atoms with E-state index in [1.54, 1.807) is 12.1 Å². The van der Waals surface area contributed by atoms with Crippen LogP contribution in [0.1, 0.15) is 66.3 Å². The van der Waals surface area contributed by atoms with Gasteiger partial charge in [-0.2, -0.15) is 0 Å². The van der Waals surface area contributed by atoms with E-state index in [0.717, 1.165) is 47.9 Å². The van der Waals surface area contributed by atoms with E-state index >= 15 is 0 Å². The maximum Gasteiger partial charge on any atom is 0.354 e. The molecule has 1 fully saturated rings. The first-order valence-corrected chi connectivity index (χ1v) is 10.6. The minimum absolute atomic E-state index is 0.000254. The molecule has 2 N–H and O–H groups in total. The molecule has 1 unspecified atom stereocenters. The van der Waals surface area contributed by atoms with Crippen LogP contribution < -0.4 is 0 Å². The van der Waals surface area contributed by atoms with E-state index in [-0.39, 0.29) is 17.4 Å². The van der Waals surface area contributed by atoms with Gasteiger partial charge in [0.05, 0.1) is 22.7 Å². The van der Waals surface area contributed by atoms with Crippen molar-refractivity contribution in [2.24, 2.45) is 5.92 Å². The lowest BCUT2D eigenvalue weighted by atomic mass is 9.73. The van der Waals surface area contributed by atoms with Crippen LogP contribution in [0, 0.1) is 11.7 Å². The molecule has 0 radical (unpaired) electrons. The second-order valence-corrected chi connectivity index (χ2v) is 8.48. The van der Waals surface area contributed by atoms with Gasteiger partial charge in [0.1, 0.15) is 17.3 Å². The highest BCUT2D eigenvalue weighted by Gasteiger charge is 2.29. The summed E-state index contributed by atoms with van der Waals surface area (Å²) in [6.07, 6.45) is 7.54. The first-order valence-electron chi connectivity index (χ1n) is 10.6. The van der Waals surface area contributed by atoms with Gasteiger partial charge in [-0.3, -0.25) is 4.98 Å². The molecule has 5 rings (SSSR count). The van der Waals surface area contributed by atoms with Gasteiger partial charge in [-0.1, -0.05) is 6.92 Å². The number of aromatic amines is 1. The average molecular weight is 418 g/mol. The van der Waals surface area contributed by atoms with Crippen molar-refractivity contribution >= 4 is 27.9 Å². The Bertz CT molecular complexity index is 1280. The van der Waals surface area contributed by atoms with Crippen molar-refractivity contribution in [3.8, 4) is 0 Å². The Hall–Kier alpha value is -3.35. The van der Waals surface area contributed by atoms with E-state index in [1.165, 1.54) is 23.9 Å². The van der Waals surface area contributed by atoms with Crippen LogP contribution in [0.15, 0.2) is 42.7 Å². The molecule has 3 aromatic heterocycles. The Morgan fingerprint density at radius 2 is 1.94 bits per heavy atom. The van der Waals surface area contributed by atoms with Crippen LogP contribution in [0.25, 0.3) is 21.9 Å². The number of H-pyrrole nitrogens is 1. The van der Waals surface area contributed by atoms with E-state index in [1.807, 2.05) is 12.3 Å². The number of carbonyl (C=O) groups is 1. The molecule has 3 heterocycles. The number of hydrogen-bond donors (Lipinski definition) is 2. The number of nitrogens with zero attached hydrogens (tertiary/aromatic N) is 3. The van der Waals surface area contributed by atoms with Crippen LogP contribution >= 0.6 is 0 Å². The third-order valence-electron chi connectivity index (χ3n) is 6.69. The van der Waals surface area contributed by atoms with Crippen molar-refractivity contribution in [3.63, 3.8) is 0 Å². The first kappa shape index (κ1) is 19.6. The van der Waals surface area contributed by atoms with Crippen LogP contribution in [-0.4, -0.2) is 31.0 Å². The van der Waals surface area contributed by atoms with E-state index in [2.05, 4.69) is 26.9 Å². The highest BCUT2D eigenvalue weighted by molar-refractivity contribution is 5.89. The van der Waals surface area contributed by atoms with E-state index in [4.69, 9.17) is 5.11 Å². The normalized spacial score (nSPS) is 20.2. The Morgan fingerprint density at radius 3 is 2.71 bits per heavy atom. The van der Waals surface area contributed by atoms with Crippen molar-refractivity contribution in [1.82, 2.24) is 19.9 Å². The first-order chi connectivity index (χ1) is 15.0. The van der Waals surface area contributed by atoms with Gasteiger partial charge in [-0.15, -0.1) is 0 Å². The highest BCUT2D eigenvalue weighted by atomic mass is 19.1. The molecule has 1 aliphatic rings. The number of halogens is 1. The van der Waals surface area contributed by atoms with Crippen LogP contribution in [0.4, 0.5) is 4.39 Å². The summed E-state index contributed by atoms with van der Waals surface area (Å²) in [6.45, 7) is 2.17. The summed E-state index contributed by atoms with van der Waals surface area (Å²) in [5, 5.41) is 10.1. The third kappa shape index (κ3) is 3.65. The molecule has 1 aromatic carbocycles. The number of fused-ring (bicyclic) bond motifs is 2. The average Bonchev–Trinajstić information content (AvgIpc) is 3.21. The minimum Gasteiger partial charge on any atom is -0.477 e. The molecule has 0 aliphatic heterocycles. The number of pyridine rings is 2. The largest absolute Gasteiger partial charge is 0.477 e. The molecule has 1 saturated carbocycles. The second-order valence-electron chi connectivity index (χ2n) is 8.48. The fourth-order valence-corrected chi connectivity index (χ4v) is 4.91. The van der Waals surface area contributed by atoms with Crippen molar-refractivity contribution in [2.75, 3.05) is 0 Å². The SMILES string of the molecule is CC(c1nc2cc(C(=O)O)ncc2[nH]1)C1CCC(c2ccnc3ccc(F)cc23)CC1. The maximum atomic E-state index is 13.8. The monoisotopic (exact) mass is 418 g/mol. The number of rotatable bonds is 4. The number of carboxylic acids is 1. The van der Waals surface area contributed by atoms with Gasteiger partial charge in [0.15, 0.2) is 0 Å². The number of benzene rings is 1. The molecule has 31 heavy (non-hydrogen) atoms. The molecular weight excluding hydrogens is 395 g/mol.